The summed E-state index contributed by atoms with van der Waals surface area (Å²) < 4.78 is 24.0. The van der Waals surface area contributed by atoms with Gasteiger partial charge in [-0.2, -0.15) is 0 Å². The molecule has 1 atom stereocenters. The highest BCUT2D eigenvalue weighted by molar-refractivity contribution is 7.92. The number of carboxylic acids is 1. The summed E-state index contributed by atoms with van der Waals surface area (Å²) in [6, 6.07) is 4.84. The minimum absolute atomic E-state index is 0.0943. The van der Waals surface area contributed by atoms with Crippen LogP contribution in [-0.2, 0) is 14.6 Å². The van der Waals surface area contributed by atoms with E-state index in [1.54, 1.807) is 19.1 Å². The summed E-state index contributed by atoms with van der Waals surface area (Å²) in [6.07, 6.45) is -0.602. The van der Waals surface area contributed by atoms with Gasteiger partial charge in [0.05, 0.1) is 11.3 Å². The quantitative estimate of drug-likeness (QED) is 0.832. The molecule has 0 aromatic heterocycles. The summed E-state index contributed by atoms with van der Waals surface area (Å²) in [5, 5.41) is 7.15. The second-order valence-electron chi connectivity index (χ2n) is 3.95. The van der Waals surface area contributed by atoms with E-state index < -0.39 is 27.6 Å². The first kappa shape index (κ1) is 13.7. The van der Waals surface area contributed by atoms with Crippen LogP contribution in [0.5, 0.6) is 0 Å². The van der Waals surface area contributed by atoms with Gasteiger partial charge in [0.25, 0.3) is 0 Å². The molecule has 17 heavy (non-hydrogen) atoms. The van der Waals surface area contributed by atoms with Gasteiger partial charge < -0.3 is 10.8 Å². The van der Waals surface area contributed by atoms with Crippen LogP contribution in [-0.4, -0.2) is 24.9 Å². The third kappa shape index (κ3) is 3.04. The van der Waals surface area contributed by atoms with Crippen LogP contribution < -0.4 is 5.73 Å². The molecule has 0 amide bonds. The number of carboxylic acid groups (broad SMARTS) is 1. The van der Waals surface area contributed by atoms with E-state index in [0.29, 0.717) is 5.56 Å². The van der Waals surface area contributed by atoms with Crippen LogP contribution in [0.1, 0.15) is 17.5 Å². The van der Waals surface area contributed by atoms with Gasteiger partial charge >= 0.3 is 5.97 Å². The van der Waals surface area contributed by atoms with E-state index in [9.17, 15) is 13.2 Å². The molecule has 0 heterocycles. The maximum Gasteiger partial charge on any atom is 0.306 e. The zero-order chi connectivity index (χ0) is 13.2. The van der Waals surface area contributed by atoms with Crippen molar-refractivity contribution in [2.75, 3.05) is 0 Å². The van der Waals surface area contributed by atoms with Gasteiger partial charge in [0, 0.05) is 0 Å². The molecule has 94 valence electrons. The Kier molecular flexibility index (Phi) is 3.90. The van der Waals surface area contributed by atoms with E-state index in [1.165, 1.54) is 6.07 Å². The summed E-state index contributed by atoms with van der Waals surface area (Å²) in [7, 11) is -3.78. The Labute approximate surface area is 100 Å². The molecule has 0 aliphatic rings. The van der Waals surface area contributed by atoms with Crippen molar-refractivity contribution in [2.45, 2.75) is 30.5 Å². The van der Waals surface area contributed by atoms with E-state index in [4.69, 9.17) is 10.8 Å². The van der Waals surface area contributed by atoms with E-state index in [-0.39, 0.29) is 4.90 Å². The van der Waals surface area contributed by atoms with E-state index >= 15 is 0 Å². The van der Waals surface area contributed by atoms with Crippen LogP contribution in [0.4, 0.5) is 0 Å². The number of benzene rings is 1. The number of sulfone groups is 1. The highest BCUT2D eigenvalue weighted by Crippen LogP contribution is 2.20. The fraction of sp³-hybridized carbons (Fsp3) is 0.364. The summed E-state index contributed by atoms with van der Waals surface area (Å²) in [5.41, 5.74) is 6.94. The Bertz CT molecular complexity index is 536. The summed E-state index contributed by atoms with van der Waals surface area (Å²) in [5.74, 6) is -1.23. The molecule has 0 spiro atoms. The lowest BCUT2D eigenvalue weighted by molar-refractivity contribution is -0.137. The van der Waals surface area contributed by atoms with Crippen molar-refractivity contribution in [3.8, 4) is 0 Å². The average molecular weight is 257 g/mol. The van der Waals surface area contributed by atoms with Crippen molar-refractivity contribution in [3.05, 3.63) is 29.3 Å². The van der Waals surface area contributed by atoms with Crippen LogP contribution in [0, 0.1) is 13.8 Å². The molecular formula is C11H15NO4S. The SMILES string of the molecule is Cc1ccc(S(=O)(=O)C(N)CC(=O)O)c(C)c1. The molecule has 6 heteroatoms. The molecule has 0 radical (unpaired) electrons. The van der Waals surface area contributed by atoms with E-state index in [2.05, 4.69) is 0 Å². The normalized spacial score (nSPS) is 13.4. The first-order chi connectivity index (χ1) is 7.75. The number of hydrogen-bond donors (Lipinski definition) is 2. The molecule has 5 nitrogen and oxygen atoms in total. The maximum absolute atomic E-state index is 12.0. The first-order valence-electron chi connectivity index (χ1n) is 5.03. The fourth-order valence-electron chi connectivity index (χ4n) is 1.56. The number of hydrogen-bond acceptors (Lipinski definition) is 4. The van der Waals surface area contributed by atoms with Crippen LogP contribution >= 0.6 is 0 Å². The van der Waals surface area contributed by atoms with E-state index in [0.717, 1.165) is 5.56 Å². The van der Waals surface area contributed by atoms with Crippen molar-refractivity contribution in [1.82, 2.24) is 0 Å². The highest BCUT2D eigenvalue weighted by Gasteiger charge is 2.27. The van der Waals surface area contributed by atoms with Gasteiger partial charge in [0.2, 0.25) is 0 Å². The lowest BCUT2D eigenvalue weighted by Gasteiger charge is -2.13. The number of aliphatic carboxylic acids is 1. The van der Waals surface area contributed by atoms with Crippen LogP contribution in [0.15, 0.2) is 23.1 Å². The second-order valence-corrected chi connectivity index (χ2v) is 6.09. The van der Waals surface area contributed by atoms with Crippen molar-refractivity contribution < 1.29 is 18.3 Å². The third-order valence-corrected chi connectivity index (χ3v) is 4.45. The second kappa shape index (κ2) is 4.85. The third-order valence-electron chi connectivity index (χ3n) is 2.41. The molecule has 3 N–H and O–H groups in total. The Morgan fingerprint density at radius 2 is 2.00 bits per heavy atom. The summed E-state index contributed by atoms with van der Waals surface area (Å²) in [6.45, 7) is 3.51. The Morgan fingerprint density at radius 3 is 2.47 bits per heavy atom. The molecule has 0 saturated carbocycles. The summed E-state index contributed by atoms with van der Waals surface area (Å²) in [4.78, 5) is 10.6. The molecule has 0 aliphatic heterocycles. The minimum Gasteiger partial charge on any atom is -0.481 e. The van der Waals surface area contributed by atoms with Crippen molar-refractivity contribution in [3.63, 3.8) is 0 Å². The molecule has 1 aromatic carbocycles. The number of aryl methyl sites for hydroxylation is 2. The maximum atomic E-state index is 12.0. The Morgan fingerprint density at radius 1 is 1.41 bits per heavy atom. The first-order valence-corrected chi connectivity index (χ1v) is 6.58. The highest BCUT2D eigenvalue weighted by atomic mass is 32.2. The molecule has 1 aromatic rings. The van der Waals surface area contributed by atoms with Gasteiger partial charge in [-0.1, -0.05) is 17.7 Å². The number of nitrogens with two attached hydrogens (primary N) is 1. The zero-order valence-electron chi connectivity index (χ0n) is 9.67. The molecule has 0 saturated heterocycles. The van der Waals surface area contributed by atoms with Gasteiger partial charge in [-0.05, 0) is 25.5 Å². The molecule has 0 aliphatic carbocycles. The van der Waals surface area contributed by atoms with Gasteiger partial charge in [0.1, 0.15) is 5.37 Å². The van der Waals surface area contributed by atoms with E-state index in [1.807, 2.05) is 6.92 Å². The van der Waals surface area contributed by atoms with Crippen LogP contribution in [0.2, 0.25) is 0 Å². The van der Waals surface area contributed by atoms with Gasteiger partial charge in [0.15, 0.2) is 9.84 Å². The standard InChI is InChI=1S/C11H15NO4S/c1-7-3-4-9(8(2)5-7)17(15,16)10(12)6-11(13)14/h3-5,10H,6,12H2,1-2H3,(H,13,14). The van der Waals surface area contributed by atoms with Crippen molar-refractivity contribution in [1.29, 1.82) is 0 Å². The Balaban J connectivity index is 3.17. The molecular weight excluding hydrogens is 242 g/mol. The number of rotatable bonds is 4. The lowest BCUT2D eigenvalue weighted by atomic mass is 10.2. The molecule has 0 bridgehead atoms. The Hall–Kier alpha value is -1.40. The van der Waals surface area contributed by atoms with Crippen molar-refractivity contribution in [2.24, 2.45) is 5.73 Å². The topological polar surface area (TPSA) is 97.5 Å². The van der Waals surface area contributed by atoms with Gasteiger partial charge in [-0.25, -0.2) is 8.42 Å². The number of carbonyl (C=O) groups is 1. The zero-order valence-corrected chi connectivity index (χ0v) is 10.5. The minimum atomic E-state index is -3.78. The van der Waals surface area contributed by atoms with Gasteiger partial charge in [-0.15, -0.1) is 0 Å². The van der Waals surface area contributed by atoms with Crippen LogP contribution in [0.25, 0.3) is 0 Å². The molecule has 1 unspecified atom stereocenters. The smallest absolute Gasteiger partial charge is 0.306 e. The summed E-state index contributed by atoms with van der Waals surface area (Å²) >= 11 is 0. The fourth-order valence-corrected chi connectivity index (χ4v) is 3.02. The van der Waals surface area contributed by atoms with Crippen LogP contribution in [0.3, 0.4) is 0 Å². The largest absolute Gasteiger partial charge is 0.481 e. The molecule has 1 rings (SSSR count). The monoisotopic (exact) mass is 257 g/mol. The lowest BCUT2D eigenvalue weighted by Crippen LogP contribution is -2.33. The molecule has 0 fully saturated rings. The average Bonchev–Trinajstić information content (AvgIpc) is 2.15. The van der Waals surface area contributed by atoms with Crippen molar-refractivity contribution >= 4 is 15.8 Å². The van der Waals surface area contributed by atoms with Gasteiger partial charge in [-0.3, -0.25) is 4.79 Å². The predicted octanol–water partition coefficient (Wildman–Crippen LogP) is 0.837. The predicted molar refractivity (Wildman–Crippen MR) is 63.3 cm³/mol.